The minimum Gasteiger partial charge on any atom is -0.272 e. The highest BCUT2D eigenvalue weighted by molar-refractivity contribution is 5.80. The van der Waals surface area contributed by atoms with Crippen LogP contribution in [0.4, 0.5) is 13.2 Å². The summed E-state index contributed by atoms with van der Waals surface area (Å²) in [7, 11) is 0. The van der Waals surface area contributed by atoms with E-state index in [-0.39, 0.29) is 30.0 Å². The van der Waals surface area contributed by atoms with Crippen LogP contribution in [0.25, 0.3) is 16.7 Å². The maximum atomic E-state index is 13.3. The van der Waals surface area contributed by atoms with Crippen LogP contribution >= 0.6 is 0 Å². The Kier molecular flexibility index (Phi) is 4.88. The van der Waals surface area contributed by atoms with Crippen molar-refractivity contribution in [2.24, 2.45) is 0 Å². The van der Waals surface area contributed by atoms with E-state index in [2.05, 4.69) is 5.10 Å². The first-order valence-electron chi connectivity index (χ1n) is 10.1. The van der Waals surface area contributed by atoms with Crippen molar-refractivity contribution < 1.29 is 13.2 Å². The van der Waals surface area contributed by atoms with Crippen LogP contribution < -0.4 is 11.2 Å². The summed E-state index contributed by atoms with van der Waals surface area (Å²) in [5.74, 6) is 0.125. The molecule has 0 spiro atoms. The zero-order valence-corrected chi connectivity index (χ0v) is 17.2. The smallest absolute Gasteiger partial charge is 0.272 e. The fraction of sp³-hybridized carbons (Fsp3) is 0.125. The molecule has 3 aromatic carbocycles. The van der Waals surface area contributed by atoms with Crippen molar-refractivity contribution in [1.29, 1.82) is 0 Å². The first-order valence-corrected chi connectivity index (χ1v) is 10.1. The number of nitrogens with zero attached hydrogens (tertiary/aromatic N) is 4. The number of benzene rings is 3. The topological polar surface area (TPSA) is 61.3 Å². The Bertz CT molecular complexity index is 1600. The van der Waals surface area contributed by atoms with E-state index in [1.165, 1.54) is 21.1 Å². The molecule has 166 valence electrons. The van der Waals surface area contributed by atoms with Crippen molar-refractivity contribution in [1.82, 2.24) is 18.7 Å². The second kappa shape index (κ2) is 7.77. The van der Waals surface area contributed by atoms with Gasteiger partial charge in [-0.1, -0.05) is 54.6 Å². The van der Waals surface area contributed by atoms with Crippen LogP contribution in [-0.2, 0) is 19.3 Å². The van der Waals surface area contributed by atoms with Crippen LogP contribution in [0.15, 0.2) is 88.5 Å². The molecule has 0 radical (unpaired) electrons. The molecule has 0 saturated heterocycles. The minimum atomic E-state index is -4.49. The van der Waals surface area contributed by atoms with Crippen molar-refractivity contribution in [3.05, 3.63) is 116 Å². The molecule has 0 atom stereocenters. The third-order valence-electron chi connectivity index (χ3n) is 5.45. The molecule has 0 saturated carbocycles. The normalized spacial score (nSPS) is 12.0. The molecule has 0 bridgehead atoms. The lowest BCUT2D eigenvalue weighted by Crippen LogP contribution is -2.27. The quantitative estimate of drug-likeness (QED) is 0.417. The molecule has 0 amide bonds. The van der Waals surface area contributed by atoms with Crippen LogP contribution in [0.1, 0.15) is 16.7 Å². The van der Waals surface area contributed by atoms with Gasteiger partial charge in [-0.3, -0.25) is 9.36 Å². The number of aromatic nitrogens is 4. The van der Waals surface area contributed by atoms with Crippen LogP contribution in [-0.4, -0.2) is 18.7 Å². The second-order valence-corrected chi connectivity index (χ2v) is 7.67. The Labute approximate surface area is 184 Å². The summed E-state index contributed by atoms with van der Waals surface area (Å²) in [5.41, 5.74) is -0.141. The number of hydrogen-bond acceptors (Lipinski definition) is 3. The molecular weight excluding hydrogens is 433 g/mol. The zero-order chi connectivity index (χ0) is 23.2. The molecule has 2 aromatic heterocycles. The Balaban J connectivity index is 1.71. The first-order chi connectivity index (χ1) is 15.8. The van der Waals surface area contributed by atoms with Crippen LogP contribution in [0.3, 0.4) is 0 Å². The van der Waals surface area contributed by atoms with Gasteiger partial charge in [-0.2, -0.15) is 13.2 Å². The monoisotopic (exact) mass is 450 g/mol. The third-order valence-corrected chi connectivity index (χ3v) is 5.45. The van der Waals surface area contributed by atoms with Crippen molar-refractivity contribution in [2.45, 2.75) is 19.3 Å². The van der Waals surface area contributed by atoms with E-state index in [4.69, 9.17) is 0 Å². The molecule has 9 heteroatoms. The molecule has 0 aliphatic carbocycles. The predicted molar refractivity (Wildman–Crippen MR) is 117 cm³/mol. The van der Waals surface area contributed by atoms with Crippen molar-refractivity contribution >= 4 is 16.7 Å². The maximum absolute atomic E-state index is 13.3. The number of halogens is 3. The van der Waals surface area contributed by atoms with Crippen molar-refractivity contribution in [2.75, 3.05) is 0 Å². The van der Waals surface area contributed by atoms with Crippen LogP contribution in [0.5, 0.6) is 0 Å². The second-order valence-electron chi connectivity index (χ2n) is 7.67. The van der Waals surface area contributed by atoms with Gasteiger partial charge in [-0.05, 0) is 35.4 Å². The van der Waals surface area contributed by atoms with E-state index in [9.17, 15) is 22.8 Å². The highest BCUT2D eigenvalue weighted by Crippen LogP contribution is 2.29. The minimum absolute atomic E-state index is 0.125. The molecule has 5 aromatic rings. The Morgan fingerprint density at radius 3 is 2.24 bits per heavy atom. The fourth-order valence-corrected chi connectivity index (χ4v) is 3.90. The maximum Gasteiger partial charge on any atom is 0.416 e. The predicted octanol–water partition coefficient (Wildman–Crippen LogP) is 3.93. The van der Waals surface area contributed by atoms with E-state index >= 15 is 0 Å². The fourth-order valence-electron chi connectivity index (χ4n) is 3.90. The van der Waals surface area contributed by atoms with Gasteiger partial charge < -0.3 is 0 Å². The lowest BCUT2D eigenvalue weighted by atomic mass is 10.1. The van der Waals surface area contributed by atoms with Gasteiger partial charge in [0, 0.05) is 0 Å². The van der Waals surface area contributed by atoms with Gasteiger partial charge in [0.15, 0.2) is 0 Å². The molecule has 0 unspecified atom stereocenters. The summed E-state index contributed by atoms with van der Waals surface area (Å²) < 4.78 is 43.1. The standard InChI is InChI=1S/C24H17F3N4O2/c25-24(26,27)18-10-6-9-17(13-18)15-30-23(33)31-20-12-5-4-11-19(20)21(32)29(22(31)28-30)14-16-7-2-1-3-8-16/h1-13H,14-15H2. The van der Waals surface area contributed by atoms with Crippen molar-refractivity contribution in [3.8, 4) is 0 Å². The summed E-state index contributed by atoms with van der Waals surface area (Å²) in [4.78, 5) is 26.5. The SMILES string of the molecule is O=c1c2ccccc2n2c(=O)n(Cc3cccc(C(F)(F)F)c3)nc2n1Cc1ccccc1. The van der Waals surface area contributed by atoms with Gasteiger partial charge in [0.1, 0.15) is 0 Å². The summed E-state index contributed by atoms with van der Waals surface area (Å²) in [6.07, 6.45) is -4.49. The van der Waals surface area contributed by atoms with Gasteiger partial charge in [0.05, 0.1) is 29.6 Å². The Morgan fingerprint density at radius 1 is 0.788 bits per heavy atom. The number of fused-ring (bicyclic) bond motifs is 3. The summed E-state index contributed by atoms with van der Waals surface area (Å²) >= 11 is 0. The zero-order valence-electron chi connectivity index (χ0n) is 17.2. The Hall–Kier alpha value is -4.14. The van der Waals surface area contributed by atoms with E-state index in [0.717, 1.165) is 22.4 Å². The molecule has 0 fully saturated rings. The highest BCUT2D eigenvalue weighted by atomic mass is 19.4. The van der Waals surface area contributed by atoms with Crippen LogP contribution in [0.2, 0.25) is 0 Å². The van der Waals surface area contributed by atoms with E-state index < -0.39 is 17.4 Å². The van der Waals surface area contributed by atoms with E-state index in [1.807, 2.05) is 30.3 Å². The molecule has 0 aliphatic heterocycles. The third kappa shape index (κ3) is 3.71. The van der Waals surface area contributed by atoms with Gasteiger partial charge in [0.25, 0.3) is 5.56 Å². The number of hydrogen-bond donors (Lipinski definition) is 0. The van der Waals surface area contributed by atoms with E-state index in [0.29, 0.717) is 10.9 Å². The summed E-state index contributed by atoms with van der Waals surface area (Å²) in [6.45, 7) is 0.0201. The summed E-state index contributed by atoms with van der Waals surface area (Å²) in [5, 5.41) is 4.70. The lowest BCUT2D eigenvalue weighted by molar-refractivity contribution is -0.137. The molecular formula is C24H17F3N4O2. The largest absolute Gasteiger partial charge is 0.416 e. The lowest BCUT2D eigenvalue weighted by Gasteiger charge is -2.09. The molecule has 6 nitrogen and oxygen atoms in total. The summed E-state index contributed by atoms with van der Waals surface area (Å²) in [6, 6.07) is 20.7. The van der Waals surface area contributed by atoms with Crippen LogP contribution in [0, 0.1) is 0 Å². The molecule has 0 N–H and O–H groups in total. The Morgan fingerprint density at radius 2 is 1.48 bits per heavy atom. The molecule has 0 aliphatic rings. The van der Waals surface area contributed by atoms with E-state index in [1.54, 1.807) is 24.3 Å². The molecule has 2 heterocycles. The highest BCUT2D eigenvalue weighted by Gasteiger charge is 2.30. The van der Waals surface area contributed by atoms with Gasteiger partial charge in [-0.15, -0.1) is 5.10 Å². The number of para-hydroxylation sites is 1. The molecule has 33 heavy (non-hydrogen) atoms. The average molecular weight is 450 g/mol. The molecule has 5 rings (SSSR count). The van der Waals surface area contributed by atoms with Gasteiger partial charge in [0.2, 0.25) is 5.78 Å². The average Bonchev–Trinajstić information content (AvgIpc) is 3.13. The van der Waals surface area contributed by atoms with Gasteiger partial charge >= 0.3 is 11.9 Å². The van der Waals surface area contributed by atoms with Crippen molar-refractivity contribution in [3.63, 3.8) is 0 Å². The number of alkyl halides is 3. The van der Waals surface area contributed by atoms with Gasteiger partial charge in [-0.25, -0.2) is 13.9 Å². The first kappa shape index (κ1) is 20.7. The number of rotatable bonds is 4.